The summed E-state index contributed by atoms with van der Waals surface area (Å²) in [5.74, 6) is 1.39. The lowest BCUT2D eigenvalue weighted by molar-refractivity contribution is 0.102. The maximum Gasteiger partial charge on any atom is 0.259 e. The molecule has 3 aliphatic heterocycles. The number of carbonyl (C=O) groups excluding carboxylic acids is 1. The number of piperazine rings is 1. The first-order valence-electron chi connectivity index (χ1n) is 12.6. The van der Waals surface area contributed by atoms with Crippen molar-refractivity contribution in [3.8, 4) is 11.5 Å². The van der Waals surface area contributed by atoms with Crippen LogP contribution in [0.4, 0.5) is 17.2 Å². The average molecular weight is 520 g/mol. The van der Waals surface area contributed by atoms with Crippen molar-refractivity contribution < 1.29 is 17.9 Å². The number of aryl methyl sites for hydroxylation is 1. The number of nitrogens with zero attached hydrogens (tertiary/aromatic N) is 4. The zero-order chi connectivity index (χ0) is 25.6. The summed E-state index contributed by atoms with van der Waals surface area (Å²) < 4.78 is 35.4. The van der Waals surface area contributed by atoms with E-state index < -0.39 is 10.0 Å². The number of fused-ring (bicyclic) bond motifs is 2. The van der Waals surface area contributed by atoms with E-state index in [2.05, 4.69) is 20.1 Å². The zero-order valence-corrected chi connectivity index (χ0v) is 21.5. The van der Waals surface area contributed by atoms with Gasteiger partial charge in [0.15, 0.2) is 5.75 Å². The molecule has 4 heterocycles. The second kappa shape index (κ2) is 9.35. The molecular formula is C27H29N5O4S. The van der Waals surface area contributed by atoms with Crippen molar-refractivity contribution in [1.29, 1.82) is 0 Å². The molecule has 0 saturated carbocycles. The van der Waals surface area contributed by atoms with Crippen molar-refractivity contribution in [1.82, 2.24) is 9.29 Å². The summed E-state index contributed by atoms with van der Waals surface area (Å²) in [5.41, 5.74) is 2.32. The summed E-state index contributed by atoms with van der Waals surface area (Å²) in [7, 11) is -3.80. The fourth-order valence-electron chi connectivity index (χ4n) is 5.19. The summed E-state index contributed by atoms with van der Waals surface area (Å²) in [6, 6.07) is 14.6. The number of sulfonamides is 1. The molecule has 10 heteroatoms. The van der Waals surface area contributed by atoms with Gasteiger partial charge in [-0.05, 0) is 55.7 Å². The van der Waals surface area contributed by atoms with Crippen LogP contribution in [0.2, 0.25) is 0 Å². The van der Waals surface area contributed by atoms with Gasteiger partial charge in [-0.2, -0.15) is 4.31 Å². The molecule has 2 aromatic carbocycles. The van der Waals surface area contributed by atoms with E-state index in [-0.39, 0.29) is 16.4 Å². The molecule has 6 rings (SSSR count). The van der Waals surface area contributed by atoms with Crippen molar-refractivity contribution in [3.63, 3.8) is 0 Å². The van der Waals surface area contributed by atoms with Crippen LogP contribution < -0.4 is 19.9 Å². The van der Waals surface area contributed by atoms with Crippen molar-refractivity contribution in [2.75, 3.05) is 54.4 Å². The Morgan fingerprint density at radius 3 is 2.38 bits per heavy atom. The van der Waals surface area contributed by atoms with Crippen molar-refractivity contribution in [2.24, 2.45) is 0 Å². The quantitative estimate of drug-likeness (QED) is 0.559. The lowest BCUT2D eigenvalue weighted by Crippen LogP contribution is -2.47. The van der Waals surface area contributed by atoms with E-state index in [1.807, 2.05) is 43.3 Å². The number of benzene rings is 2. The van der Waals surface area contributed by atoms with Gasteiger partial charge in [0.2, 0.25) is 10.0 Å². The summed E-state index contributed by atoms with van der Waals surface area (Å²) in [4.78, 5) is 22.1. The van der Waals surface area contributed by atoms with Gasteiger partial charge in [-0.15, -0.1) is 0 Å². The summed E-state index contributed by atoms with van der Waals surface area (Å²) in [6.45, 7) is 5.52. The highest BCUT2D eigenvalue weighted by Crippen LogP contribution is 2.42. The Morgan fingerprint density at radius 1 is 0.892 bits per heavy atom. The first-order valence-corrected chi connectivity index (χ1v) is 14.0. The molecule has 0 spiro atoms. The molecule has 1 amide bonds. The molecule has 0 atom stereocenters. The molecule has 0 bridgehead atoms. The van der Waals surface area contributed by atoms with Gasteiger partial charge in [-0.3, -0.25) is 4.79 Å². The van der Waals surface area contributed by atoms with E-state index in [1.54, 1.807) is 12.3 Å². The third kappa shape index (κ3) is 4.40. The number of rotatable bonds is 4. The molecule has 1 aromatic heterocycles. The van der Waals surface area contributed by atoms with Crippen LogP contribution >= 0.6 is 0 Å². The van der Waals surface area contributed by atoms with E-state index in [0.29, 0.717) is 62.1 Å². The average Bonchev–Trinajstić information content (AvgIpc) is 3.43. The van der Waals surface area contributed by atoms with Gasteiger partial charge in [0.05, 0.1) is 16.9 Å². The lowest BCUT2D eigenvalue weighted by Gasteiger charge is -2.38. The Bertz CT molecular complexity index is 1450. The molecule has 9 nitrogen and oxygen atoms in total. The molecule has 3 aliphatic rings. The van der Waals surface area contributed by atoms with Crippen molar-refractivity contribution in [3.05, 3.63) is 65.9 Å². The number of ether oxygens (including phenoxy) is 1. The molecule has 0 unspecified atom stereocenters. The first kappa shape index (κ1) is 23.7. The van der Waals surface area contributed by atoms with Crippen molar-refractivity contribution >= 4 is 33.1 Å². The van der Waals surface area contributed by atoms with Gasteiger partial charge in [0, 0.05) is 51.5 Å². The highest BCUT2D eigenvalue weighted by atomic mass is 32.2. The van der Waals surface area contributed by atoms with Crippen LogP contribution in [-0.2, 0) is 10.0 Å². The van der Waals surface area contributed by atoms with Crippen LogP contribution in [0.25, 0.3) is 0 Å². The van der Waals surface area contributed by atoms with E-state index in [1.165, 1.54) is 10.4 Å². The first-order chi connectivity index (χ1) is 17.9. The number of anilines is 3. The standard InChI is InChI=1S/C27H29N5O4S/c1-19-7-8-23-21(16-19)29-27(33)20-17-25(37(34,35)32-10-4-5-11-32)22(18-24(20)36-23)30-12-14-31(15-13-30)26-6-2-3-9-28-26/h2-3,6-9,16-18H,4-5,10-15H2,1H3,(H,29,33). The summed E-state index contributed by atoms with van der Waals surface area (Å²) in [6.07, 6.45) is 3.44. The van der Waals surface area contributed by atoms with Gasteiger partial charge in [0.1, 0.15) is 16.5 Å². The SMILES string of the molecule is Cc1ccc2c(c1)NC(=O)c1cc(S(=O)(=O)N3CCCC3)c(N3CCN(c4ccccn4)CC3)cc1O2. The number of aromatic nitrogens is 1. The van der Waals surface area contributed by atoms with Crippen LogP contribution in [0.15, 0.2) is 59.6 Å². The monoisotopic (exact) mass is 519 g/mol. The van der Waals surface area contributed by atoms with E-state index in [9.17, 15) is 13.2 Å². The molecule has 3 aromatic rings. The maximum atomic E-state index is 13.8. The number of amides is 1. The van der Waals surface area contributed by atoms with E-state index in [4.69, 9.17) is 4.74 Å². The number of nitrogens with one attached hydrogen (secondary N) is 1. The van der Waals surface area contributed by atoms with Crippen LogP contribution in [0.3, 0.4) is 0 Å². The Hall–Kier alpha value is -3.63. The van der Waals surface area contributed by atoms with Gasteiger partial charge in [-0.25, -0.2) is 13.4 Å². The number of pyridine rings is 1. The topological polar surface area (TPSA) is 95.1 Å². The third-order valence-electron chi connectivity index (χ3n) is 7.19. The normalized spacial score (nSPS) is 18.0. The van der Waals surface area contributed by atoms with Crippen molar-refractivity contribution in [2.45, 2.75) is 24.7 Å². The molecule has 0 radical (unpaired) electrons. The van der Waals surface area contributed by atoms with Gasteiger partial charge in [0.25, 0.3) is 5.91 Å². The van der Waals surface area contributed by atoms with Crippen LogP contribution in [0.5, 0.6) is 11.5 Å². The minimum absolute atomic E-state index is 0.153. The fraction of sp³-hybridized carbons (Fsp3) is 0.333. The smallest absolute Gasteiger partial charge is 0.259 e. The van der Waals surface area contributed by atoms with Gasteiger partial charge >= 0.3 is 0 Å². The van der Waals surface area contributed by atoms with E-state index >= 15 is 0 Å². The molecular weight excluding hydrogens is 490 g/mol. The minimum Gasteiger partial charge on any atom is -0.454 e. The van der Waals surface area contributed by atoms with Crippen LogP contribution in [0.1, 0.15) is 28.8 Å². The molecule has 192 valence electrons. The predicted molar refractivity (Wildman–Crippen MR) is 142 cm³/mol. The predicted octanol–water partition coefficient (Wildman–Crippen LogP) is 3.86. The number of hydrogen-bond acceptors (Lipinski definition) is 7. The van der Waals surface area contributed by atoms with Gasteiger partial charge < -0.3 is 19.9 Å². The maximum absolute atomic E-state index is 13.8. The minimum atomic E-state index is -3.80. The summed E-state index contributed by atoms with van der Waals surface area (Å²) >= 11 is 0. The molecule has 37 heavy (non-hydrogen) atoms. The second-order valence-corrected chi connectivity index (χ2v) is 11.6. The zero-order valence-electron chi connectivity index (χ0n) is 20.7. The molecule has 1 N–H and O–H groups in total. The molecule has 2 saturated heterocycles. The second-order valence-electron chi connectivity index (χ2n) is 9.65. The third-order valence-corrected chi connectivity index (χ3v) is 9.11. The largest absolute Gasteiger partial charge is 0.454 e. The lowest BCUT2D eigenvalue weighted by atomic mass is 10.1. The highest BCUT2D eigenvalue weighted by Gasteiger charge is 2.35. The van der Waals surface area contributed by atoms with Crippen LogP contribution in [-0.4, -0.2) is 62.9 Å². The highest BCUT2D eigenvalue weighted by molar-refractivity contribution is 7.89. The Kier molecular flexibility index (Phi) is 6.00. The van der Waals surface area contributed by atoms with E-state index in [0.717, 1.165) is 24.2 Å². The Morgan fingerprint density at radius 2 is 1.65 bits per heavy atom. The van der Waals surface area contributed by atoms with Gasteiger partial charge in [-0.1, -0.05) is 12.1 Å². The number of hydrogen-bond donors (Lipinski definition) is 1. The molecule has 2 fully saturated rings. The molecule has 0 aliphatic carbocycles. The van der Waals surface area contributed by atoms with Crippen LogP contribution in [0, 0.1) is 6.92 Å². The Labute approximate surface area is 216 Å². The fourth-order valence-corrected chi connectivity index (χ4v) is 6.92. The Balaban J connectivity index is 1.41. The number of carbonyl (C=O) groups is 1. The summed E-state index contributed by atoms with van der Waals surface area (Å²) in [5, 5.41) is 2.89.